The zero-order valence-corrected chi connectivity index (χ0v) is 10.8. The van der Waals surface area contributed by atoms with Crippen LogP contribution < -0.4 is 5.32 Å². The molecule has 0 aliphatic heterocycles. The Kier molecular flexibility index (Phi) is 5.42. The number of aliphatic carboxylic acids is 1. The van der Waals surface area contributed by atoms with E-state index in [-0.39, 0.29) is 12.3 Å². The number of rotatable bonds is 7. The molecular formula is C13H19NO4. The summed E-state index contributed by atoms with van der Waals surface area (Å²) in [5, 5.41) is 11.2. The Morgan fingerprint density at radius 3 is 2.67 bits per heavy atom. The minimum absolute atomic E-state index is 0.135. The molecule has 0 unspecified atom stereocenters. The van der Waals surface area contributed by atoms with Gasteiger partial charge in [-0.05, 0) is 25.8 Å². The van der Waals surface area contributed by atoms with Crippen molar-refractivity contribution < 1.29 is 19.1 Å². The lowest BCUT2D eigenvalue weighted by Gasteiger charge is -2.03. The lowest BCUT2D eigenvalue weighted by Crippen LogP contribution is -2.24. The molecular weight excluding hydrogens is 234 g/mol. The van der Waals surface area contributed by atoms with Gasteiger partial charge in [0.25, 0.3) is 5.91 Å². The number of carboxylic acids is 1. The average molecular weight is 253 g/mol. The van der Waals surface area contributed by atoms with Gasteiger partial charge in [0.1, 0.15) is 5.76 Å². The second-order valence-electron chi connectivity index (χ2n) is 4.19. The SMILES string of the molecule is CCc1cc(C)c(C(=O)NCCCCC(=O)O)o1. The number of furan rings is 1. The van der Waals surface area contributed by atoms with Gasteiger partial charge >= 0.3 is 5.97 Å². The number of nitrogens with one attached hydrogen (secondary N) is 1. The monoisotopic (exact) mass is 253 g/mol. The topological polar surface area (TPSA) is 79.5 Å². The number of aryl methyl sites for hydroxylation is 2. The molecule has 0 fully saturated rings. The summed E-state index contributed by atoms with van der Waals surface area (Å²) in [6, 6.07) is 1.86. The molecule has 5 nitrogen and oxygen atoms in total. The van der Waals surface area contributed by atoms with Gasteiger partial charge in [0.15, 0.2) is 5.76 Å². The van der Waals surface area contributed by atoms with Gasteiger partial charge in [0.2, 0.25) is 0 Å². The van der Waals surface area contributed by atoms with Gasteiger partial charge in [-0.25, -0.2) is 0 Å². The highest BCUT2D eigenvalue weighted by atomic mass is 16.4. The first kappa shape index (κ1) is 14.3. The number of amides is 1. The van der Waals surface area contributed by atoms with Crippen molar-refractivity contribution >= 4 is 11.9 Å². The Balaban J connectivity index is 2.36. The first-order valence-electron chi connectivity index (χ1n) is 6.14. The van der Waals surface area contributed by atoms with E-state index in [1.165, 1.54) is 0 Å². The van der Waals surface area contributed by atoms with E-state index in [0.717, 1.165) is 17.7 Å². The van der Waals surface area contributed by atoms with E-state index in [0.29, 0.717) is 25.1 Å². The molecule has 0 radical (unpaired) electrons. The van der Waals surface area contributed by atoms with Crippen molar-refractivity contribution in [3.05, 3.63) is 23.2 Å². The average Bonchev–Trinajstić information content (AvgIpc) is 2.69. The number of carbonyl (C=O) groups is 2. The predicted octanol–water partition coefficient (Wildman–Crippen LogP) is 2.14. The van der Waals surface area contributed by atoms with E-state index in [9.17, 15) is 9.59 Å². The number of carboxylic acid groups (broad SMARTS) is 1. The van der Waals surface area contributed by atoms with Crippen molar-refractivity contribution in [2.24, 2.45) is 0 Å². The summed E-state index contributed by atoms with van der Waals surface area (Å²) in [7, 11) is 0. The third-order valence-corrected chi connectivity index (χ3v) is 2.63. The summed E-state index contributed by atoms with van der Waals surface area (Å²) < 4.78 is 5.41. The van der Waals surface area contributed by atoms with Gasteiger partial charge in [0.05, 0.1) is 0 Å². The number of hydrogen-bond donors (Lipinski definition) is 2. The minimum Gasteiger partial charge on any atom is -0.481 e. The Bertz CT molecular complexity index is 423. The molecule has 0 aliphatic rings. The van der Waals surface area contributed by atoms with E-state index < -0.39 is 5.97 Å². The maximum Gasteiger partial charge on any atom is 0.303 e. The fraction of sp³-hybridized carbons (Fsp3) is 0.538. The van der Waals surface area contributed by atoms with Gasteiger partial charge in [-0.1, -0.05) is 6.92 Å². The van der Waals surface area contributed by atoms with Crippen LogP contribution in [0.15, 0.2) is 10.5 Å². The van der Waals surface area contributed by atoms with Crippen LogP contribution >= 0.6 is 0 Å². The fourth-order valence-corrected chi connectivity index (χ4v) is 1.63. The molecule has 1 heterocycles. The van der Waals surface area contributed by atoms with Crippen molar-refractivity contribution in [1.29, 1.82) is 0 Å². The summed E-state index contributed by atoms with van der Waals surface area (Å²) in [6.45, 7) is 4.27. The Morgan fingerprint density at radius 2 is 2.11 bits per heavy atom. The molecule has 100 valence electrons. The second kappa shape index (κ2) is 6.83. The molecule has 0 bridgehead atoms. The minimum atomic E-state index is -0.809. The summed E-state index contributed by atoms with van der Waals surface area (Å²) >= 11 is 0. The predicted molar refractivity (Wildman–Crippen MR) is 66.6 cm³/mol. The van der Waals surface area contributed by atoms with Crippen LogP contribution in [-0.4, -0.2) is 23.5 Å². The largest absolute Gasteiger partial charge is 0.481 e. The van der Waals surface area contributed by atoms with E-state index >= 15 is 0 Å². The molecule has 5 heteroatoms. The molecule has 0 spiro atoms. The highest BCUT2D eigenvalue weighted by Crippen LogP contribution is 2.14. The van der Waals surface area contributed by atoms with Crippen LogP contribution in [0.25, 0.3) is 0 Å². The molecule has 1 aromatic rings. The lowest BCUT2D eigenvalue weighted by molar-refractivity contribution is -0.137. The van der Waals surface area contributed by atoms with Crippen LogP contribution in [0.2, 0.25) is 0 Å². The molecule has 0 atom stereocenters. The number of unbranched alkanes of at least 4 members (excludes halogenated alkanes) is 1. The maximum atomic E-state index is 11.8. The summed E-state index contributed by atoms with van der Waals surface area (Å²) in [5.41, 5.74) is 0.829. The Morgan fingerprint density at radius 1 is 1.39 bits per heavy atom. The summed E-state index contributed by atoms with van der Waals surface area (Å²) in [5.74, 6) is 0.104. The smallest absolute Gasteiger partial charge is 0.303 e. The zero-order chi connectivity index (χ0) is 13.5. The van der Waals surface area contributed by atoms with Crippen molar-refractivity contribution in [1.82, 2.24) is 5.32 Å². The van der Waals surface area contributed by atoms with Crippen LogP contribution in [0.4, 0.5) is 0 Å². The number of carbonyl (C=O) groups excluding carboxylic acids is 1. The molecule has 2 N–H and O–H groups in total. The van der Waals surface area contributed by atoms with Crippen LogP contribution in [-0.2, 0) is 11.2 Å². The lowest BCUT2D eigenvalue weighted by atomic mass is 10.2. The number of hydrogen-bond acceptors (Lipinski definition) is 3. The first-order chi connectivity index (χ1) is 8.54. The quantitative estimate of drug-likeness (QED) is 0.729. The van der Waals surface area contributed by atoms with Gasteiger partial charge < -0.3 is 14.8 Å². The molecule has 0 aliphatic carbocycles. The van der Waals surface area contributed by atoms with Crippen molar-refractivity contribution in [2.45, 2.75) is 39.5 Å². The van der Waals surface area contributed by atoms with Crippen LogP contribution in [0.1, 0.15) is 48.1 Å². The normalized spacial score (nSPS) is 10.3. The third-order valence-electron chi connectivity index (χ3n) is 2.63. The fourth-order valence-electron chi connectivity index (χ4n) is 1.63. The Labute approximate surface area is 106 Å². The van der Waals surface area contributed by atoms with Crippen molar-refractivity contribution in [3.63, 3.8) is 0 Å². The molecule has 18 heavy (non-hydrogen) atoms. The van der Waals surface area contributed by atoms with E-state index in [1.54, 1.807) is 0 Å². The van der Waals surface area contributed by atoms with Gasteiger partial charge in [-0.2, -0.15) is 0 Å². The van der Waals surface area contributed by atoms with Crippen LogP contribution in [0.3, 0.4) is 0 Å². The van der Waals surface area contributed by atoms with Crippen LogP contribution in [0, 0.1) is 6.92 Å². The summed E-state index contributed by atoms with van der Waals surface area (Å²) in [6.07, 6.45) is 2.10. The second-order valence-corrected chi connectivity index (χ2v) is 4.19. The third kappa shape index (κ3) is 4.24. The van der Waals surface area contributed by atoms with Crippen molar-refractivity contribution in [3.8, 4) is 0 Å². The van der Waals surface area contributed by atoms with Gasteiger partial charge in [-0.3, -0.25) is 9.59 Å². The molecule has 1 aromatic heterocycles. The van der Waals surface area contributed by atoms with Crippen LogP contribution in [0.5, 0.6) is 0 Å². The highest BCUT2D eigenvalue weighted by molar-refractivity contribution is 5.92. The van der Waals surface area contributed by atoms with Gasteiger partial charge in [0, 0.05) is 24.9 Å². The van der Waals surface area contributed by atoms with Gasteiger partial charge in [-0.15, -0.1) is 0 Å². The molecule has 0 aromatic carbocycles. The van der Waals surface area contributed by atoms with E-state index in [4.69, 9.17) is 9.52 Å². The Hall–Kier alpha value is -1.78. The molecule has 0 saturated carbocycles. The first-order valence-corrected chi connectivity index (χ1v) is 6.14. The summed E-state index contributed by atoms with van der Waals surface area (Å²) in [4.78, 5) is 22.1. The molecule has 1 amide bonds. The maximum absolute atomic E-state index is 11.8. The molecule has 0 saturated heterocycles. The van der Waals surface area contributed by atoms with E-state index in [2.05, 4.69) is 5.32 Å². The highest BCUT2D eigenvalue weighted by Gasteiger charge is 2.14. The standard InChI is InChI=1S/C13H19NO4/c1-3-10-8-9(2)12(18-10)13(17)14-7-5-4-6-11(15)16/h8H,3-7H2,1-2H3,(H,14,17)(H,15,16). The zero-order valence-electron chi connectivity index (χ0n) is 10.8. The van der Waals surface area contributed by atoms with E-state index in [1.807, 2.05) is 19.9 Å². The van der Waals surface area contributed by atoms with Crippen molar-refractivity contribution in [2.75, 3.05) is 6.54 Å². The molecule has 1 rings (SSSR count).